The summed E-state index contributed by atoms with van der Waals surface area (Å²) in [6.45, 7) is 3.45. The maximum absolute atomic E-state index is 12.1. The molecule has 0 fully saturated rings. The minimum atomic E-state index is -3.63. The molecule has 1 aromatic heterocycles. The molecule has 0 aliphatic carbocycles. The van der Waals surface area contributed by atoms with Gasteiger partial charge in [-0.25, -0.2) is 13.1 Å². The van der Waals surface area contributed by atoms with Crippen molar-refractivity contribution in [2.24, 2.45) is 0 Å². The fourth-order valence-electron chi connectivity index (χ4n) is 1.58. The topological polar surface area (TPSA) is 101 Å². The fourth-order valence-corrected chi connectivity index (χ4v) is 3.32. The number of aromatic nitrogens is 2. The van der Waals surface area contributed by atoms with Gasteiger partial charge in [0.1, 0.15) is 5.51 Å². The third-order valence-electron chi connectivity index (χ3n) is 2.38. The second-order valence-corrected chi connectivity index (χ2v) is 7.05. The summed E-state index contributed by atoms with van der Waals surface area (Å²) < 4.78 is 26.6. The van der Waals surface area contributed by atoms with Crippen molar-refractivity contribution in [2.45, 2.75) is 24.8 Å². The second-order valence-electron chi connectivity index (χ2n) is 4.50. The molecule has 0 radical (unpaired) electrons. The number of benzene rings is 1. The van der Waals surface area contributed by atoms with E-state index < -0.39 is 15.9 Å². The predicted molar refractivity (Wildman–Crippen MR) is 79.8 cm³/mol. The molecule has 0 atom stereocenters. The Balaban J connectivity index is 2.23. The molecular weight excluding hydrogens is 312 g/mol. The van der Waals surface area contributed by atoms with Crippen LogP contribution < -0.4 is 10.0 Å². The Kier molecular flexibility index (Phi) is 4.66. The molecule has 2 rings (SSSR count). The van der Waals surface area contributed by atoms with E-state index in [-0.39, 0.29) is 16.5 Å². The van der Waals surface area contributed by atoms with Gasteiger partial charge in [0.05, 0.1) is 4.90 Å². The van der Waals surface area contributed by atoms with Crippen molar-refractivity contribution in [3.05, 3.63) is 35.3 Å². The Morgan fingerprint density at radius 1 is 1.33 bits per heavy atom. The van der Waals surface area contributed by atoms with Gasteiger partial charge in [0, 0.05) is 11.6 Å². The van der Waals surface area contributed by atoms with E-state index >= 15 is 0 Å². The van der Waals surface area contributed by atoms with Crippen LogP contribution in [0.25, 0.3) is 0 Å². The molecule has 0 bridgehead atoms. The van der Waals surface area contributed by atoms with Crippen LogP contribution in [0.5, 0.6) is 0 Å². The Morgan fingerprint density at radius 3 is 2.71 bits per heavy atom. The van der Waals surface area contributed by atoms with Crippen molar-refractivity contribution < 1.29 is 13.2 Å². The van der Waals surface area contributed by atoms with Gasteiger partial charge < -0.3 is 0 Å². The first-order chi connectivity index (χ1) is 9.88. The number of carbonyl (C=O) groups is 1. The number of nitrogens with zero attached hydrogens (tertiary/aromatic N) is 2. The second kappa shape index (κ2) is 6.29. The minimum Gasteiger partial charge on any atom is -0.296 e. The van der Waals surface area contributed by atoms with E-state index in [0.29, 0.717) is 5.13 Å². The molecule has 0 saturated carbocycles. The summed E-state index contributed by atoms with van der Waals surface area (Å²) >= 11 is 1.18. The molecule has 0 aliphatic heterocycles. The van der Waals surface area contributed by atoms with Crippen molar-refractivity contribution in [3.63, 3.8) is 0 Å². The molecule has 0 unspecified atom stereocenters. The number of sulfonamides is 1. The van der Waals surface area contributed by atoms with Crippen LogP contribution in [0, 0.1) is 0 Å². The highest BCUT2D eigenvalue weighted by Gasteiger charge is 2.17. The van der Waals surface area contributed by atoms with Crippen LogP contribution >= 0.6 is 11.3 Å². The largest absolute Gasteiger partial charge is 0.296 e. The van der Waals surface area contributed by atoms with Crippen LogP contribution in [-0.2, 0) is 10.0 Å². The number of anilines is 1. The van der Waals surface area contributed by atoms with Crippen molar-refractivity contribution in [1.82, 2.24) is 14.9 Å². The average molecular weight is 326 g/mol. The zero-order chi connectivity index (χ0) is 15.5. The van der Waals surface area contributed by atoms with Crippen LogP contribution in [0.2, 0.25) is 0 Å². The summed E-state index contributed by atoms with van der Waals surface area (Å²) in [5.74, 6) is -0.437. The summed E-state index contributed by atoms with van der Waals surface area (Å²) in [7, 11) is -3.63. The highest BCUT2D eigenvalue weighted by molar-refractivity contribution is 7.89. The summed E-state index contributed by atoms with van der Waals surface area (Å²) in [6.07, 6.45) is 0. The van der Waals surface area contributed by atoms with E-state index in [2.05, 4.69) is 20.2 Å². The normalized spacial score (nSPS) is 11.6. The molecule has 2 N–H and O–H groups in total. The lowest BCUT2D eigenvalue weighted by atomic mass is 10.2. The fraction of sp³-hybridized carbons (Fsp3) is 0.250. The molecule has 1 amide bonds. The Morgan fingerprint density at radius 2 is 2.10 bits per heavy atom. The first-order valence-electron chi connectivity index (χ1n) is 6.08. The molecule has 0 saturated heterocycles. The van der Waals surface area contributed by atoms with Gasteiger partial charge in [0.2, 0.25) is 15.2 Å². The monoisotopic (exact) mass is 326 g/mol. The lowest BCUT2D eigenvalue weighted by Crippen LogP contribution is -2.30. The van der Waals surface area contributed by atoms with Gasteiger partial charge in [-0.05, 0) is 32.0 Å². The first kappa shape index (κ1) is 15.5. The molecule has 1 heterocycles. The van der Waals surface area contributed by atoms with E-state index in [4.69, 9.17) is 0 Å². The molecule has 112 valence electrons. The van der Waals surface area contributed by atoms with E-state index in [1.807, 2.05) is 0 Å². The zero-order valence-electron chi connectivity index (χ0n) is 11.4. The maximum atomic E-state index is 12.1. The molecular formula is C12H14N4O3S2. The number of rotatable bonds is 5. The zero-order valence-corrected chi connectivity index (χ0v) is 13.0. The highest BCUT2D eigenvalue weighted by Crippen LogP contribution is 2.15. The first-order valence-corrected chi connectivity index (χ1v) is 8.44. The molecule has 0 spiro atoms. The summed E-state index contributed by atoms with van der Waals surface area (Å²) in [4.78, 5) is 12.1. The molecule has 0 aliphatic rings. The van der Waals surface area contributed by atoms with Crippen LogP contribution in [0.15, 0.2) is 34.7 Å². The van der Waals surface area contributed by atoms with Gasteiger partial charge in [-0.3, -0.25) is 10.1 Å². The highest BCUT2D eigenvalue weighted by atomic mass is 32.2. The van der Waals surface area contributed by atoms with Gasteiger partial charge in [-0.1, -0.05) is 17.4 Å². The third-order valence-corrected chi connectivity index (χ3v) is 4.64. The molecule has 7 nitrogen and oxygen atoms in total. The van der Waals surface area contributed by atoms with Crippen LogP contribution in [0.3, 0.4) is 0 Å². The minimum absolute atomic E-state index is 0.0427. The van der Waals surface area contributed by atoms with Crippen molar-refractivity contribution in [1.29, 1.82) is 0 Å². The van der Waals surface area contributed by atoms with Gasteiger partial charge in [-0.15, -0.1) is 10.2 Å². The van der Waals surface area contributed by atoms with Crippen molar-refractivity contribution >= 4 is 32.4 Å². The Labute approximate surface area is 126 Å². The number of hydrogen-bond donors (Lipinski definition) is 2. The average Bonchev–Trinajstić information content (AvgIpc) is 2.90. The lowest BCUT2D eigenvalue weighted by molar-refractivity contribution is 0.102. The predicted octanol–water partition coefficient (Wildman–Crippen LogP) is 1.48. The van der Waals surface area contributed by atoms with Gasteiger partial charge in [0.15, 0.2) is 0 Å². The molecule has 1 aromatic carbocycles. The molecule has 9 heteroatoms. The smallest absolute Gasteiger partial charge is 0.257 e. The standard InChI is InChI=1S/C12H14N4O3S2/c1-8(2)16-21(18,19)10-5-3-4-9(6-10)11(17)14-12-15-13-7-20-12/h3-8,16H,1-2H3,(H,14,15,17). The summed E-state index contributed by atoms with van der Waals surface area (Å²) in [5, 5.41) is 10.2. The maximum Gasteiger partial charge on any atom is 0.257 e. The number of nitrogens with one attached hydrogen (secondary N) is 2. The van der Waals surface area contributed by atoms with Crippen LogP contribution in [0.1, 0.15) is 24.2 Å². The van der Waals surface area contributed by atoms with E-state index in [1.54, 1.807) is 13.8 Å². The third kappa shape index (κ3) is 4.06. The van der Waals surface area contributed by atoms with Gasteiger partial charge in [0.25, 0.3) is 5.91 Å². The van der Waals surface area contributed by atoms with Gasteiger partial charge in [-0.2, -0.15) is 0 Å². The SMILES string of the molecule is CC(C)NS(=O)(=O)c1cccc(C(=O)Nc2nncs2)c1. The van der Waals surface area contributed by atoms with E-state index in [0.717, 1.165) is 0 Å². The Hall–Kier alpha value is -1.84. The summed E-state index contributed by atoms with van der Waals surface area (Å²) in [6, 6.07) is 5.58. The lowest BCUT2D eigenvalue weighted by Gasteiger charge is -2.10. The molecule has 21 heavy (non-hydrogen) atoms. The quantitative estimate of drug-likeness (QED) is 0.866. The number of carbonyl (C=O) groups excluding carboxylic acids is 1. The van der Waals surface area contributed by atoms with Crippen molar-refractivity contribution in [2.75, 3.05) is 5.32 Å². The van der Waals surface area contributed by atoms with E-state index in [1.165, 1.54) is 41.1 Å². The number of hydrogen-bond acceptors (Lipinski definition) is 6. The van der Waals surface area contributed by atoms with Gasteiger partial charge >= 0.3 is 0 Å². The summed E-state index contributed by atoms with van der Waals surface area (Å²) in [5.41, 5.74) is 1.72. The number of amides is 1. The Bertz CT molecular complexity index is 727. The van der Waals surface area contributed by atoms with Crippen molar-refractivity contribution in [3.8, 4) is 0 Å². The van der Waals surface area contributed by atoms with Crippen LogP contribution in [0.4, 0.5) is 5.13 Å². The molecule has 2 aromatic rings. The van der Waals surface area contributed by atoms with E-state index in [9.17, 15) is 13.2 Å². The van der Waals surface area contributed by atoms with Crippen LogP contribution in [-0.4, -0.2) is 30.6 Å².